The number of anilines is 6. The minimum atomic E-state index is 0.900. The lowest BCUT2D eigenvalue weighted by atomic mass is 9.99. The van der Waals surface area contributed by atoms with Crippen LogP contribution in [0.25, 0.3) is 43.5 Å². The van der Waals surface area contributed by atoms with Gasteiger partial charge in [-0.2, -0.15) is 0 Å². The van der Waals surface area contributed by atoms with E-state index in [9.17, 15) is 0 Å². The average molecular weight is 631 g/mol. The van der Waals surface area contributed by atoms with Crippen LogP contribution in [0, 0.1) is 13.8 Å². The van der Waals surface area contributed by atoms with Crippen molar-refractivity contribution in [2.75, 3.05) is 9.80 Å². The average Bonchev–Trinajstić information content (AvgIpc) is 3.53. The number of benzene rings is 8. The topological polar surface area (TPSA) is 19.6 Å². The quantitative estimate of drug-likeness (QED) is 0.182. The Morgan fingerprint density at radius 1 is 0.327 bits per heavy atom. The highest BCUT2D eigenvalue weighted by Crippen LogP contribution is 2.49. The third kappa shape index (κ3) is 4.74. The van der Waals surface area contributed by atoms with Crippen molar-refractivity contribution < 1.29 is 4.42 Å². The van der Waals surface area contributed by atoms with Gasteiger partial charge in [-0.1, -0.05) is 121 Å². The number of hydrogen-bond acceptors (Lipinski definition) is 3. The van der Waals surface area contributed by atoms with E-state index >= 15 is 0 Å². The molecule has 9 rings (SSSR count). The van der Waals surface area contributed by atoms with Crippen LogP contribution in [0.3, 0.4) is 0 Å². The number of nitrogens with zero attached hydrogens (tertiary/aromatic N) is 2. The van der Waals surface area contributed by atoms with Crippen molar-refractivity contribution in [1.29, 1.82) is 0 Å². The van der Waals surface area contributed by atoms with E-state index in [1.165, 1.54) is 11.1 Å². The van der Waals surface area contributed by atoms with E-state index in [4.69, 9.17) is 4.42 Å². The number of furan rings is 1. The zero-order valence-corrected chi connectivity index (χ0v) is 27.5. The minimum absolute atomic E-state index is 0.900. The van der Waals surface area contributed by atoms with Crippen LogP contribution < -0.4 is 9.80 Å². The van der Waals surface area contributed by atoms with E-state index in [2.05, 4.69) is 194 Å². The second-order valence-corrected chi connectivity index (χ2v) is 12.7. The van der Waals surface area contributed by atoms with E-state index in [1.54, 1.807) is 0 Å². The maximum absolute atomic E-state index is 6.98. The summed E-state index contributed by atoms with van der Waals surface area (Å²) in [6.07, 6.45) is 0. The molecule has 0 amide bonds. The molecule has 0 saturated carbocycles. The van der Waals surface area contributed by atoms with E-state index in [1.807, 2.05) is 0 Å². The predicted molar refractivity (Wildman–Crippen MR) is 208 cm³/mol. The first-order valence-corrected chi connectivity index (χ1v) is 16.8. The van der Waals surface area contributed by atoms with Gasteiger partial charge in [-0.3, -0.25) is 0 Å². The molecule has 9 aromatic rings. The fourth-order valence-corrected chi connectivity index (χ4v) is 7.35. The molecule has 0 fully saturated rings. The van der Waals surface area contributed by atoms with Gasteiger partial charge in [-0.15, -0.1) is 0 Å². The number of rotatable bonds is 6. The van der Waals surface area contributed by atoms with Gasteiger partial charge in [0.1, 0.15) is 11.2 Å². The lowest BCUT2D eigenvalue weighted by molar-refractivity contribution is 0.676. The first-order valence-electron chi connectivity index (χ1n) is 16.8. The van der Waals surface area contributed by atoms with Gasteiger partial charge in [0.2, 0.25) is 0 Å². The van der Waals surface area contributed by atoms with Gasteiger partial charge in [0.25, 0.3) is 0 Å². The molecule has 234 valence electrons. The van der Waals surface area contributed by atoms with Crippen molar-refractivity contribution in [1.82, 2.24) is 0 Å². The summed E-state index contributed by atoms with van der Waals surface area (Å²) in [6, 6.07) is 60.5. The molecule has 3 nitrogen and oxygen atoms in total. The summed E-state index contributed by atoms with van der Waals surface area (Å²) in [5.74, 6) is 0. The Kier molecular flexibility index (Phi) is 6.91. The zero-order chi connectivity index (χ0) is 32.9. The van der Waals surface area contributed by atoms with E-state index in [0.29, 0.717) is 0 Å². The van der Waals surface area contributed by atoms with Gasteiger partial charge >= 0.3 is 0 Å². The molecule has 0 radical (unpaired) electrons. The fraction of sp³-hybridized carbons (Fsp3) is 0.0435. The summed E-state index contributed by atoms with van der Waals surface area (Å²) in [7, 11) is 0. The van der Waals surface area contributed by atoms with Crippen molar-refractivity contribution in [3.8, 4) is 0 Å². The number of fused-ring (bicyclic) bond motifs is 7. The van der Waals surface area contributed by atoms with E-state index in [-0.39, 0.29) is 0 Å². The monoisotopic (exact) mass is 630 g/mol. The molecular weight excluding hydrogens is 597 g/mol. The summed E-state index contributed by atoms with van der Waals surface area (Å²) in [5, 5.41) is 6.62. The van der Waals surface area contributed by atoms with Crippen LogP contribution in [0.1, 0.15) is 11.1 Å². The molecule has 0 aliphatic carbocycles. The van der Waals surface area contributed by atoms with Crippen LogP contribution in [-0.2, 0) is 0 Å². The smallest absolute Gasteiger partial charge is 0.143 e. The van der Waals surface area contributed by atoms with Gasteiger partial charge in [0.15, 0.2) is 0 Å². The molecule has 0 atom stereocenters. The maximum atomic E-state index is 6.98. The van der Waals surface area contributed by atoms with Crippen molar-refractivity contribution in [3.05, 3.63) is 181 Å². The van der Waals surface area contributed by atoms with Crippen LogP contribution in [-0.4, -0.2) is 0 Å². The van der Waals surface area contributed by atoms with Gasteiger partial charge in [-0.05, 0) is 73.5 Å². The van der Waals surface area contributed by atoms with Crippen molar-refractivity contribution in [2.24, 2.45) is 0 Å². The molecule has 0 bridgehead atoms. The summed E-state index contributed by atoms with van der Waals surface area (Å²) >= 11 is 0. The van der Waals surface area contributed by atoms with E-state index in [0.717, 1.165) is 77.6 Å². The molecule has 0 spiro atoms. The molecule has 1 aromatic heterocycles. The van der Waals surface area contributed by atoms with Crippen LogP contribution in [0.4, 0.5) is 34.1 Å². The van der Waals surface area contributed by atoms with Crippen LogP contribution in [0.15, 0.2) is 174 Å². The molecule has 49 heavy (non-hydrogen) atoms. The number of para-hydroxylation sites is 4. The maximum Gasteiger partial charge on any atom is 0.143 e. The minimum Gasteiger partial charge on any atom is -0.455 e. The third-order valence-electron chi connectivity index (χ3n) is 9.66. The molecule has 8 aromatic carbocycles. The van der Waals surface area contributed by atoms with Gasteiger partial charge < -0.3 is 14.2 Å². The second-order valence-electron chi connectivity index (χ2n) is 12.7. The largest absolute Gasteiger partial charge is 0.455 e. The first kappa shape index (κ1) is 28.9. The molecule has 0 N–H and O–H groups in total. The Labute approximate surface area is 285 Å². The molecular formula is C46H34N2O. The first-order chi connectivity index (χ1) is 24.2. The second kappa shape index (κ2) is 11.7. The Balaban J connectivity index is 1.41. The van der Waals surface area contributed by atoms with Gasteiger partial charge in [0, 0.05) is 55.1 Å². The van der Waals surface area contributed by atoms with Crippen molar-refractivity contribution in [3.63, 3.8) is 0 Å². The Bertz CT molecular complexity index is 2460. The highest BCUT2D eigenvalue weighted by Gasteiger charge is 2.24. The van der Waals surface area contributed by atoms with Crippen LogP contribution in [0.5, 0.6) is 0 Å². The van der Waals surface area contributed by atoms with Gasteiger partial charge in [0.05, 0.1) is 11.4 Å². The normalized spacial score (nSPS) is 11.5. The Hall–Kier alpha value is -6.32. The standard InChI is InChI=1S/C46H34N2O/c1-31-17-9-15-27-41(31)47(33-19-5-3-6-20-33)43-29-39-40-30-44(48(34-21-7-4-8-22-34)42-28-16-10-18-32(42)2)36-24-12-14-26-38(36)46(40)49-45(39)37-25-13-11-23-35(37)43/h3-30H,1-2H3. The highest BCUT2D eigenvalue weighted by atomic mass is 16.3. The number of hydrogen-bond donors (Lipinski definition) is 0. The Morgan fingerprint density at radius 2 is 0.673 bits per heavy atom. The molecule has 0 unspecified atom stereocenters. The lowest BCUT2D eigenvalue weighted by Crippen LogP contribution is -2.12. The van der Waals surface area contributed by atoms with E-state index < -0.39 is 0 Å². The number of aryl methyl sites for hydroxylation is 2. The molecule has 0 aliphatic heterocycles. The molecule has 1 heterocycles. The third-order valence-corrected chi connectivity index (χ3v) is 9.66. The lowest BCUT2D eigenvalue weighted by Gasteiger charge is -2.29. The van der Waals surface area contributed by atoms with Crippen molar-refractivity contribution in [2.45, 2.75) is 13.8 Å². The summed E-state index contributed by atoms with van der Waals surface area (Å²) in [6.45, 7) is 4.36. The Morgan fingerprint density at radius 3 is 1.08 bits per heavy atom. The van der Waals surface area contributed by atoms with Crippen LogP contribution >= 0.6 is 0 Å². The fourth-order valence-electron chi connectivity index (χ4n) is 7.35. The van der Waals surface area contributed by atoms with Gasteiger partial charge in [-0.25, -0.2) is 0 Å². The zero-order valence-electron chi connectivity index (χ0n) is 27.5. The summed E-state index contributed by atoms with van der Waals surface area (Å²) < 4.78 is 6.98. The summed E-state index contributed by atoms with van der Waals surface area (Å²) in [5.41, 5.74) is 10.9. The van der Waals surface area contributed by atoms with Crippen molar-refractivity contribution >= 4 is 77.6 Å². The predicted octanol–water partition coefficient (Wildman–Crippen LogP) is 13.4. The highest BCUT2D eigenvalue weighted by molar-refractivity contribution is 6.25. The molecule has 0 aliphatic rings. The molecule has 0 saturated heterocycles. The van der Waals surface area contributed by atoms with Crippen LogP contribution in [0.2, 0.25) is 0 Å². The summed E-state index contributed by atoms with van der Waals surface area (Å²) in [4.78, 5) is 4.78. The molecule has 3 heteroatoms. The SMILES string of the molecule is Cc1ccccc1N(c1ccccc1)c1cc2c3cc(N(c4ccccc4)c4ccccc4C)c4ccccc4c3oc2c2ccccc12.